The van der Waals surface area contributed by atoms with Crippen LogP contribution in [0.4, 0.5) is 10.1 Å². The maximum absolute atomic E-state index is 13.8. The number of halogens is 1. The Kier molecular flexibility index (Phi) is 4.70. The van der Waals surface area contributed by atoms with Gasteiger partial charge in [-0.05, 0) is 29.8 Å². The molecule has 3 rings (SSSR count). The third-order valence-corrected chi connectivity index (χ3v) is 4.47. The van der Waals surface area contributed by atoms with Crippen LogP contribution in [0, 0.1) is 11.7 Å². The fraction of sp³-hybridized carbons (Fsp3) is 0.263. The van der Waals surface area contributed by atoms with Gasteiger partial charge in [0.1, 0.15) is 17.5 Å². The highest BCUT2D eigenvalue weighted by Crippen LogP contribution is 2.34. The van der Waals surface area contributed by atoms with E-state index in [-0.39, 0.29) is 17.5 Å². The summed E-state index contributed by atoms with van der Waals surface area (Å²) in [5.41, 5.74) is 0.940. The molecule has 25 heavy (non-hydrogen) atoms. The molecule has 5 nitrogen and oxygen atoms in total. The Bertz CT molecular complexity index is 792. The lowest BCUT2D eigenvalue weighted by Crippen LogP contribution is -2.32. The summed E-state index contributed by atoms with van der Waals surface area (Å²) in [5, 5.41) is 2.54. The van der Waals surface area contributed by atoms with Crippen molar-refractivity contribution in [3.05, 3.63) is 59.9 Å². The summed E-state index contributed by atoms with van der Waals surface area (Å²) >= 11 is 0. The summed E-state index contributed by atoms with van der Waals surface area (Å²) < 4.78 is 18.9. The molecule has 1 aliphatic rings. The molecule has 1 N–H and O–H groups in total. The molecule has 0 bridgehead atoms. The summed E-state index contributed by atoms with van der Waals surface area (Å²) in [6.07, 6.45) is 0. The Balaban J connectivity index is 1.86. The van der Waals surface area contributed by atoms with E-state index in [1.807, 2.05) is 12.1 Å². The predicted molar refractivity (Wildman–Crippen MR) is 91.9 cm³/mol. The first-order chi connectivity index (χ1) is 12.0. The van der Waals surface area contributed by atoms with Gasteiger partial charge in [-0.2, -0.15) is 0 Å². The number of para-hydroxylation sites is 1. The second kappa shape index (κ2) is 6.93. The molecule has 0 saturated carbocycles. The molecular formula is C19H19FN2O3. The van der Waals surface area contributed by atoms with Crippen molar-refractivity contribution in [2.45, 2.75) is 5.92 Å². The van der Waals surface area contributed by atoms with Crippen LogP contribution in [0.1, 0.15) is 11.5 Å². The first-order valence-corrected chi connectivity index (χ1v) is 7.95. The number of amides is 2. The largest absolute Gasteiger partial charge is 0.497 e. The van der Waals surface area contributed by atoms with Gasteiger partial charge in [-0.25, -0.2) is 4.39 Å². The number of hydrogen-bond donors (Lipinski definition) is 1. The Labute approximate surface area is 145 Å². The lowest BCUT2D eigenvalue weighted by molar-refractivity contribution is -0.135. The van der Waals surface area contributed by atoms with Crippen LogP contribution in [0.3, 0.4) is 0 Å². The van der Waals surface area contributed by atoms with Crippen molar-refractivity contribution in [1.82, 2.24) is 4.90 Å². The fourth-order valence-corrected chi connectivity index (χ4v) is 3.12. The molecule has 2 aromatic rings. The molecule has 0 aromatic heterocycles. The molecule has 2 aromatic carbocycles. The first kappa shape index (κ1) is 17.0. The zero-order valence-electron chi connectivity index (χ0n) is 14.0. The Morgan fingerprint density at radius 1 is 1.20 bits per heavy atom. The van der Waals surface area contributed by atoms with Crippen molar-refractivity contribution in [3.8, 4) is 5.75 Å². The number of ether oxygens (including phenoxy) is 1. The van der Waals surface area contributed by atoms with E-state index in [9.17, 15) is 14.0 Å². The summed E-state index contributed by atoms with van der Waals surface area (Å²) in [4.78, 5) is 26.7. The normalized spacial score (nSPS) is 19.8. The zero-order valence-corrected chi connectivity index (χ0v) is 14.0. The molecule has 0 spiro atoms. The molecule has 130 valence electrons. The van der Waals surface area contributed by atoms with Gasteiger partial charge in [-0.1, -0.05) is 24.3 Å². The van der Waals surface area contributed by atoms with E-state index < -0.39 is 17.6 Å². The lowest BCUT2D eigenvalue weighted by Gasteiger charge is -2.17. The minimum absolute atomic E-state index is 0.0725. The van der Waals surface area contributed by atoms with E-state index in [2.05, 4.69) is 5.32 Å². The molecule has 6 heteroatoms. The van der Waals surface area contributed by atoms with Gasteiger partial charge in [-0.3, -0.25) is 9.59 Å². The monoisotopic (exact) mass is 342 g/mol. The molecule has 1 aliphatic heterocycles. The van der Waals surface area contributed by atoms with Crippen LogP contribution in [0.25, 0.3) is 0 Å². The molecule has 1 heterocycles. The molecule has 2 atom stereocenters. The molecular weight excluding hydrogens is 323 g/mol. The van der Waals surface area contributed by atoms with Crippen molar-refractivity contribution < 1.29 is 18.7 Å². The van der Waals surface area contributed by atoms with Gasteiger partial charge in [0.2, 0.25) is 11.8 Å². The van der Waals surface area contributed by atoms with Crippen LogP contribution in [0.15, 0.2) is 48.5 Å². The minimum atomic E-state index is -0.891. The SMILES string of the molecule is COc1ccc([C@H]2CN(C)C(=O)[C@@H]2C(=O)Nc2ccccc2F)cc1. The third kappa shape index (κ3) is 3.33. The van der Waals surface area contributed by atoms with Crippen molar-refractivity contribution in [3.63, 3.8) is 0 Å². The van der Waals surface area contributed by atoms with E-state index >= 15 is 0 Å². The summed E-state index contributed by atoms with van der Waals surface area (Å²) in [6, 6.07) is 13.2. The molecule has 2 amide bonds. The third-order valence-electron chi connectivity index (χ3n) is 4.47. The van der Waals surface area contributed by atoms with Gasteiger partial charge in [-0.15, -0.1) is 0 Å². The van der Waals surface area contributed by atoms with Crippen LogP contribution in [-0.4, -0.2) is 37.4 Å². The van der Waals surface area contributed by atoms with Gasteiger partial charge in [0.05, 0.1) is 12.8 Å². The van der Waals surface area contributed by atoms with Gasteiger partial charge >= 0.3 is 0 Å². The van der Waals surface area contributed by atoms with Crippen molar-refractivity contribution >= 4 is 17.5 Å². The molecule has 1 saturated heterocycles. The number of rotatable bonds is 4. The first-order valence-electron chi connectivity index (χ1n) is 7.95. The second-order valence-electron chi connectivity index (χ2n) is 6.05. The van der Waals surface area contributed by atoms with Gasteiger partial charge in [0.25, 0.3) is 0 Å². The lowest BCUT2D eigenvalue weighted by atomic mass is 9.88. The molecule has 0 unspecified atom stereocenters. The highest BCUT2D eigenvalue weighted by molar-refractivity contribution is 6.08. The minimum Gasteiger partial charge on any atom is -0.497 e. The number of carbonyl (C=O) groups is 2. The zero-order chi connectivity index (χ0) is 18.0. The van der Waals surface area contributed by atoms with E-state index in [1.54, 1.807) is 38.4 Å². The second-order valence-corrected chi connectivity index (χ2v) is 6.05. The van der Waals surface area contributed by atoms with Crippen molar-refractivity contribution in [2.24, 2.45) is 5.92 Å². The standard InChI is InChI=1S/C19H19FN2O3/c1-22-11-14(12-7-9-13(25-2)10-8-12)17(19(22)24)18(23)21-16-6-4-3-5-15(16)20/h3-10,14,17H,11H2,1-2H3,(H,21,23)/t14-,17+/m1/s1. The van der Waals surface area contributed by atoms with Crippen LogP contribution >= 0.6 is 0 Å². The van der Waals surface area contributed by atoms with Crippen molar-refractivity contribution in [2.75, 3.05) is 26.0 Å². The number of nitrogens with zero attached hydrogens (tertiary/aromatic N) is 1. The van der Waals surface area contributed by atoms with E-state index in [4.69, 9.17) is 4.74 Å². The van der Waals surface area contributed by atoms with Crippen LogP contribution < -0.4 is 10.1 Å². The highest BCUT2D eigenvalue weighted by Gasteiger charge is 2.44. The number of anilines is 1. The fourth-order valence-electron chi connectivity index (χ4n) is 3.12. The number of carbonyl (C=O) groups excluding carboxylic acids is 2. The number of benzene rings is 2. The Hall–Kier alpha value is -2.89. The Morgan fingerprint density at radius 3 is 2.52 bits per heavy atom. The van der Waals surface area contributed by atoms with Gasteiger partial charge in [0.15, 0.2) is 0 Å². The van der Waals surface area contributed by atoms with Gasteiger partial charge < -0.3 is 15.0 Å². The average Bonchev–Trinajstić information content (AvgIpc) is 2.92. The van der Waals surface area contributed by atoms with Crippen LogP contribution in [0.5, 0.6) is 5.75 Å². The van der Waals surface area contributed by atoms with E-state index in [0.29, 0.717) is 12.3 Å². The number of nitrogens with one attached hydrogen (secondary N) is 1. The number of likely N-dealkylation sites (N-methyl/N-ethyl adjacent to an activating group) is 1. The van der Waals surface area contributed by atoms with Gasteiger partial charge in [0, 0.05) is 19.5 Å². The molecule has 0 aliphatic carbocycles. The molecule has 1 fully saturated rings. The smallest absolute Gasteiger partial charge is 0.237 e. The van der Waals surface area contributed by atoms with Crippen LogP contribution in [-0.2, 0) is 9.59 Å². The van der Waals surface area contributed by atoms with Crippen molar-refractivity contribution in [1.29, 1.82) is 0 Å². The van der Waals surface area contributed by atoms with E-state index in [1.165, 1.54) is 17.0 Å². The topological polar surface area (TPSA) is 58.6 Å². The number of methoxy groups -OCH3 is 1. The van der Waals surface area contributed by atoms with E-state index in [0.717, 1.165) is 5.56 Å². The van der Waals surface area contributed by atoms with Crippen LogP contribution in [0.2, 0.25) is 0 Å². The number of hydrogen-bond acceptors (Lipinski definition) is 3. The maximum atomic E-state index is 13.8. The average molecular weight is 342 g/mol. The summed E-state index contributed by atoms with van der Waals surface area (Å²) in [6.45, 7) is 0.431. The maximum Gasteiger partial charge on any atom is 0.237 e. The number of likely N-dealkylation sites (tertiary alicyclic amines) is 1. The molecule has 0 radical (unpaired) electrons. The Morgan fingerprint density at radius 2 is 1.88 bits per heavy atom. The quantitative estimate of drug-likeness (QED) is 0.869. The predicted octanol–water partition coefficient (Wildman–Crippen LogP) is 2.64. The summed E-state index contributed by atoms with van der Waals surface area (Å²) in [7, 11) is 3.24. The highest BCUT2D eigenvalue weighted by atomic mass is 19.1. The summed E-state index contributed by atoms with van der Waals surface area (Å²) in [5.74, 6) is -1.78.